The van der Waals surface area contributed by atoms with Crippen molar-refractivity contribution >= 4 is 41.5 Å². The number of hydrogen-bond donors (Lipinski definition) is 2. The molecule has 1 aromatic carbocycles. The van der Waals surface area contributed by atoms with E-state index in [4.69, 9.17) is 27.9 Å². The minimum atomic E-state index is 0.502. The van der Waals surface area contributed by atoms with Crippen LogP contribution in [0.5, 0.6) is 5.75 Å². The normalized spacial score (nSPS) is 9.85. The summed E-state index contributed by atoms with van der Waals surface area (Å²) in [7, 11) is 1.54. The number of anilines is 1. The summed E-state index contributed by atoms with van der Waals surface area (Å²) >= 11 is 15.8. The van der Waals surface area contributed by atoms with Crippen molar-refractivity contribution in [2.24, 2.45) is 0 Å². The Kier molecular flexibility index (Phi) is 4.03. The van der Waals surface area contributed by atoms with Crippen LogP contribution < -0.4 is 10.1 Å². The highest BCUT2D eigenvalue weighted by Crippen LogP contribution is 2.33. The van der Waals surface area contributed by atoms with Gasteiger partial charge in [-0.15, -0.1) is 0 Å². The van der Waals surface area contributed by atoms with E-state index < -0.39 is 0 Å². The highest BCUT2D eigenvalue weighted by Gasteiger charge is 2.06. The molecule has 0 unspecified atom stereocenters. The van der Waals surface area contributed by atoms with Crippen LogP contribution in [0.2, 0.25) is 10.0 Å². The van der Waals surface area contributed by atoms with E-state index in [2.05, 4.69) is 17.9 Å². The van der Waals surface area contributed by atoms with Gasteiger partial charge < -0.3 is 10.1 Å². The Morgan fingerprint density at radius 3 is 2.62 bits per heavy atom. The number of benzene rings is 1. The van der Waals surface area contributed by atoms with Crippen molar-refractivity contribution in [3.8, 4) is 5.75 Å². The summed E-state index contributed by atoms with van der Waals surface area (Å²) < 4.78 is 5.00. The summed E-state index contributed by atoms with van der Waals surface area (Å²) in [5, 5.41) is 4.05. The summed E-state index contributed by atoms with van der Waals surface area (Å²) in [4.78, 5) is 0. The fourth-order valence-corrected chi connectivity index (χ4v) is 1.54. The molecule has 0 amide bonds. The Bertz CT molecular complexity index is 306. The molecule has 72 valence electrons. The number of ether oxygens (including phenoxy) is 1. The predicted octanol–water partition coefficient (Wildman–Crippen LogP) is 3.30. The van der Waals surface area contributed by atoms with E-state index >= 15 is 0 Å². The van der Waals surface area contributed by atoms with Crippen molar-refractivity contribution in [2.75, 3.05) is 18.3 Å². The second kappa shape index (κ2) is 4.84. The molecule has 1 aromatic rings. The van der Waals surface area contributed by atoms with E-state index in [1.807, 2.05) is 0 Å². The third kappa shape index (κ3) is 2.59. The Hall–Kier alpha value is -0.250. The molecule has 0 aromatic heterocycles. The summed E-state index contributed by atoms with van der Waals surface area (Å²) in [5.74, 6) is 1.07. The molecular weight excluding hydrogens is 229 g/mol. The van der Waals surface area contributed by atoms with Crippen LogP contribution in [-0.2, 0) is 0 Å². The molecule has 5 heteroatoms. The van der Waals surface area contributed by atoms with Gasteiger partial charge >= 0.3 is 0 Å². The number of hydrogen-bond acceptors (Lipinski definition) is 3. The van der Waals surface area contributed by atoms with E-state index in [1.165, 1.54) is 0 Å². The Labute approximate surface area is 92.6 Å². The number of methoxy groups -OCH3 is 1. The molecule has 1 N–H and O–H groups in total. The van der Waals surface area contributed by atoms with Crippen LogP contribution in [0.15, 0.2) is 12.1 Å². The van der Waals surface area contributed by atoms with Crippen LogP contribution in [0.4, 0.5) is 5.69 Å². The van der Waals surface area contributed by atoms with Gasteiger partial charge in [0.05, 0.1) is 28.7 Å². The molecule has 0 aliphatic rings. The lowest BCUT2D eigenvalue weighted by molar-refractivity contribution is 0.415. The highest BCUT2D eigenvalue weighted by molar-refractivity contribution is 7.80. The van der Waals surface area contributed by atoms with Crippen molar-refractivity contribution in [1.82, 2.24) is 0 Å². The topological polar surface area (TPSA) is 21.3 Å². The maximum Gasteiger partial charge on any atom is 0.139 e. The van der Waals surface area contributed by atoms with E-state index in [1.54, 1.807) is 19.2 Å². The first kappa shape index (κ1) is 10.8. The molecule has 0 bridgehead atoms. The first-order chi connectivity index (χ1) is 6.19. The molecule has 0 saturated heterocycles. The number of rotatable bonds is 3. The SMILES string of the molecule is COc1cc(Cl)c(NCS)cc1Cl. The molecular formula is C8H9Cl2NOS. The van der Waals surface area contributed by atoms with Crippen molar-refractivity contribution in [1.29, 1.82) is 0 Å². The molecule has 0 aliphatic carbocycles. The van der Waals surface area contributed by atoms with Crippen molar-refractivity contribution in [3.05, 3.63) is 22.2 Å². The van der Waals surface area contributed by atoms with Gasteiger partial charge in [0, 0.05) is 6.07 Å². The monoisotopic (exact) mass is 237 g/mol. The first-order valence-corrected chi connectivity index (χ1v) is 4.95. The fourth-order valence-electron chi connectivity index (χ4n) is 0.906. The van der Waals surface area contributed by atoms with Gasteiger partial charge in [-0.25, -0.2) is 0 Å². The zero-order chi connectivity index (χ0) is 9.84. The maximum atomic E-state index is 5.92. The van der Waals surface area contributed by atoms with Crippen LogP contribution in [0.25, 0.3) is 0 Å². The number of nitrogens with one attached hydrogen (secondary N) is 1. The molecule has 0 saturated carbocycles. The summed E-state index contributed by atoms with van der Waals surface area (Å²) in [5.41, 5.74) is 0.752. The average Bonchev–Trinajstić information content (AvgIpc) is 2.11. The second-order valence-electron chi connectivity index (χ2n) is 2.30. The lowest BCUT2D eigenvalue weighted by Crippen LogP contribution is -1.96. The van der Waals surface area contributed by atoms with Crippen molar-refractivity contribution in [3.63, 3.8) is 0 Å². The summed E-state index contributed by atoms with van der Waals surface area (Å²) in [6, 6.07) is 3.37. The first-order valence-electron chi connectivity index (χ1n) is 3.56. The van der Waals surface area contributed by atoms with Crippen LogP contribution in [0.1, 0.15) is 0 Å². The molecule has 0 atom stereocenters. The van der Waals surface area contributed by atoms with E-state index in [-0.39, 0.29) is 0 Å². The van der Waals surface area contributed by atoms with E-state index in [0.29, 0.717) is 21.7 Å². The van der Waals surface area contributed by atoms with Gasteiger partial charge in [0.1, 0.15) is 5.75 Å². The third-order valence-electron chi connectivity index (χ3n) is 1.51. The molecule has 13 heavy (non-hydrogen) atoms. The molecule has 0 spiro atoms. The minimum Gasteiger partial charge on any atom is -0.495 e. The van der Waals surface area contributed by atoms with Gasteiger partial charge in [-0.3, -0.25) is 0 Å². The number of thiol groups is 1. The maximum absolute atomic E-state index is 5.92. The molecule has 0 aliphatic heterocycles. The Morgan fingerprint density at radius 2 is 2.08 bits per heavy atom. The molecule has 0 fully saturated rings. The molecule has 0 radical (unpaired) electrons. The zero-order valence-electron chi connectivity index (χ0n) is 6.97. The minimum absolute atomic E-state index is 0.502. The van der Waals surface area contributed by atoms with Crippen LogP contribution in [0.3, 0.4) is 0 Å². The average molecular weight is 238 g/mol. The largest absolute Gasteiger partial charge is 0.495 e. The van der Waals surface area contributed by atoms with Gasteiger partial charge in [0.25, 0.3) is 0 Å². The van der Waals surface area contributed by atoms with Gasteiger partial charge in [-0.1, -0.05) is 23.2 Å². The molecule has 1 rings (SSSR count). The lowest BCUT2D eigenvalue weighted by atomic mass is 10.3. The lowest BCUT2D eigenvalue weighted by Gasteiger charge is -2.09. The van der Waals surface area contributed by atoms with Crippen LogP contribution in [0, 0.1) is 0 Å². The molecule has 0 heterocycles. The van der Waals surface area contributed by atoms with Gasteiger partial charge in [-0.2, -0.15) is 12.6 Å². The quantitative estimate of drug-likeness (QED) is 0.622. The summed E-state index contributed by atoms with van der Waals surface area (Å²) in [6.07, 6.45) is 0. The van der Waals surface area contributed by atoms with E-state index in [0.717, 1.165) is 5.69 Å². The number of halogens is 2. The Balaban J connectivity index is 3.05. The second-order valence-corrected chi connectivity index (χ2v) is 3.43. The smallest absolute Gasteiger partial charge is 0.139 e. The standard InChI is InChI=1S/C8H9Cl2NOS/c1-12-8-3-5(9)7(11-4-13)2-6(8)10/h2-3,11,13H,4H2,1H3. The van der Waals surface area contributed by atoms with Crippen LogP contribution in [-0.4, -0.2) is 13.0 Å². The summed E-state index contributed by atoms with van der Waals surface area (Å²) in [6.45, 7) is 0. The third-order valence-corrected chi connectivity index (χ3v) is 2.28. The zero-order valence-corrected chi connectivity index (χ0v) is 9.38. The predicted molar refractivity (Wildman–Crippen MR) is 60.5 cm³/mol. The van der Waals surface area contributed by atoms with Crippen LogP contribution >= 0.6 is 35.8 Å². The van der Waals surface area contributed by atoms with Gasteiger partial charge in [0.15, 0.2) is 0 Å². The van der Waals surface area contributed by atoms with E-state index in [9.17, 15) is 0 Å². The Morgan fingerprint density at radius 1 is 1.38 bits per heavy atom. The highest BCUT2D eigenvalue weighted by atomic mass is 35.5. The van der Waals surface area contributed by atoms with Gasteiger partial charge in [0.2, 0.25) is 0 Å². The fraction of sp³-hybridized carbons (Fsp3) is 0.250. The van der Waals surface area contributed by atoms with Gasteiger partial charge in [-0.05, 0) is 6.07 Å². The van der Waals surface area contributed by atoms with Crippen molar-refractivity contribution < 1.29 is 4.74 Å². The molecule has 2 nitrogen and oxygen atoms in total. The van der Waals surface area contributed by atoms with Crippen molar-refractivity contribution in [2.45, 2.75) is 0 Å².